The summed E-state index contributed by atoms with van der Waals surface area (Å²) in [6.07, 6.45) is 6.08. The van der Waals surface area contributed by atoms with Crippen molar-refractivity contribution in [2.75, 3.05) is 19.7 Å². The van der Waals surface area contributed by atoms with Crippen LogP contribution in [0, 0.1) is 16.0 Å². The Bertz CT molecular complexity index is 775. The molecule has 1 fully saturated rings. The van der Waals surface area contributed by atoms with Crippen LogP contribution in [0.25, 0.3) is 0 Å². The molecule has 1 aromatic carbocycles. The summed E-state index contributed by atoms with van der Waals surface area (Å²) < 4.78 is 10.6. The molecule has 0 radical (unpaired) electrons. The first kappa shape index (κ1) is 26.8. The lowest BCUT2D eigenvalue weighted by molar-refractivity contribution is -0.384. The lowest BCUT2D eigenvalue weighted by Crippen LogP contribution is -2.45. The molecule has 0 spiro atoms. The lowest BCUT2D eigenvalue weighted by Gasteiger charge is -2.27. The molecule has 0 aromatic heterocycles. The van der Waals surface area contributed by atoms with Crippen molar-refractivity contribution in [3.8, 4) is 5.75 Å². The van der Waals surface area contributed by atoms with Crippen LogP contribution in [0.15, 0.2) is 24.3 Å². The molecule has 33 heavy (non-hydrogen) atoms. The van der Waals surface area contributed by atoms with Crippen molar-refractivity contribution >= 4 is 25.8 Å². The van der Waals surface area contributed by atoms with Gasteiger partial charge in [0, 0.05) is 32.8 Å². The minimum atomic E-state index is -1.25. The van der Waals surface area contributed by atoms with Gasteiger partial charge < -0.3 is 20.1 Å². The van der Waals surface area contributed by atoms with Crippen LogP contribution < -0.4 is 15.4 Å². The molecule has 1 aromatic rings. The fourth-order valence-corrected chi connectivity index (χ4v) is 4.54. The second kappa shape index (κ2) is 13.3. The molecular weight excluding hydrogens is 442 g/mol. The highest BCUT2D eigenvalue weighted by Crippen LogP contribution is 2.27. The number of amides is 1. The fraction of sp³-hybridized carbons (Fsp3) is 0.652. The van der Waals surface area contributed by atoms with Gasteiger partial charge in [-0.15, -0.1) is 0 Å². The molecule has 0 bridgehead atoms. The van der Waals surface area contributed by atoms with E-state index < -0.39 is 19.1 Å². The summed E-state index contributed by atoms with van der Waals surface area (Å²) in [6.45, 7) is 7.66. The van der Waals surface area contributed by atoms with Crippen LogP contribution in [0.3, 0.4) is 0 Å². The van der Waals surface area contributed by atoms with E-state index in [1.54, 1.807) is 0 Å². The molecular formula is C23H37N3O6Si. The molecule has 2 rings (SSSR count). The number of hydrogen-bond acceptors (Lipinski definition) is 7. The van der Waals surface area contributed by atoms with Gasteiger partial charge in [0.2, 0.25) is 0 Å². The van der Waals surface area contributed by atoms with Gasteiger partial charge in [-0.25, -0.2) is 4.79 Å². The quantitative estimate of drug-likeness (QED) is 0.196. The van der Waals surface area contributed by atoms with Gasteiger partial charge in [0.25, 0.3) is 5.69 Å². The van der Waals surface area contributed by atoms with E-state index in [4.69, 9.17) is 9.47 Å². The number of non-ortho nitro benzene ring substituents is 1. The number of ether oxygens (including phenoxy) is 2. The number of nitrogens with one attached hydrogen (secondary N) is 2. The molecule has 0 saturated heterocycles. The molecule has 1 amide bonds. The summed E-state index contributed by atoms with van der Waals surface area (Å²) in [5.41, 5.74) is -0.0705. The minimum absolute atomic E-state index is 0.0705. The maximum absolute atomic E-state index is 12.4. The van der Waals surface area contributed by atoms with Crippen molar-refractivity contribution in [3.63, 3.8) is 0 Å². The summed E-state index contributed by atoms with van der Waals surface area (Å²) in [5, 5.41) is 16.8. The monoisotopic (exact) mass is 479 g/mol. The van der Waals surface area contributed by atoms with Crippen LogP contribution >= 0.6 is 0 Å². The topological polar surface area (TPSA) is 120 Å². The molecule has 1 atom stereocenters. The van der Waals surface area contributed by atoms with E-state index in [1.807, 2.05) is 0 Å². The van der Waals surface area contributed by atoms with Crippen molar-refractivity contribution in [1.29, 1.82) is 0 Å². The number of rotatable bonds is 12. The third-order valence-corrected chi connectivity index (χ3v) is 7.40. The fourth-order valence-electron chi connectivity index (χ4n) is 3.83. The van der Waals surface area contributed by atoms with Gasteiger partial charge in [0.15, 0.2) is 0 Å². The number of carbonyl (C=O) groups is 2. The highest BCUT2D eigenvalue weighted by molar-refractivity contribution is 6.76. The number of hydrogen-bond donors (Lipinski definition) is 2. The Morgan fingerprint density at radius 1 is 1.15 bits per heavy atom. The van der Waals surface area contributed by atoms with E-state index in [9.17, 15) is 19.7 Å². The Balaban J connectivity index is 1.84. The molecule has 1 aliphatic rings. The molecule has 1 unspecified atom stereocenters. The third kappa shape index (κ3) is 11.3. The molecule has 184 valence electrons. The highest BCUT2D eigenvalue weighted by Gasteiger charge is 2.22. The zero-order chi connectivity index (χ0) is 24.3. The number of benzene rings is 1. The second-order valence-corrected chi connectivity index (χ2v) is 15.5. The van der Waals surface area contributed by atoms with Crippen molar-refractivity contribution in [3.05, 3.63) is 34.4 Å². The van der Waals surface area contributed by atoms with Gasteiger partial charge in [-0.1, -0.05) is 51.7 Å². The van der Waals surface area contributed by atoms with Gasteiger partial charge >= 0.3 is 12.1 Å². The molecule has 2 N–H and O–H groups in total. The SMILES string of the molecule is C[Si](C)(C)CCOC(=O)CNCC(CC1CCCCC1)NC(=O)Oc1ccc([N+](=O)[O-])cc1. The van der Waals surface area contributed by atoms with E-state index in [2.05, 4.69) is 30.3 Å². The largest absolute Gasteiger partial charge is 0.465 e. The van der Waals surface area contributed by atoms with E-state index in [0.29, 0.717) is 19.1 Å². The summed E-state index contributed by atoms with van der Waals surface area (Å²) in [7, 11) is -1.25. The number of nitrogens with zero attached hydrogens (tertiary/aromatic N) is 1. The average Bonchev–Trinajstić information content (AvgIpc) is 2.73. The molecule has 0 aliphatic heterocycles. The maximum atomic E-state index is 12.4. The van der Waals surface area contributed by atoms with Crippen molar-refractivity contribution < 1.29 is 24.0 Å². The Hall–Kier alpha value is -2.46. The summed E-state index contributed by atoms with van der Waals surface area (Å²) in [5.74, 6) is 0.459. The Morgan fingerprint density at radius 2 is 1.82 bits per heavy atom. The van der Waals surface area contributed by atoms with Crippen LogP contribution in [0.4, 0.5) is 10.5 Å². The normalized spacial score (nSPS) is 15.5. The number of nitro groups is 1. The zero-order valence-corrected chi connectivity index (χ0v) is 20.9. The number of esters is 1. The van der Waals surface area contributed by atoms with Crippen LogP contribution in [0.2, 0.25) is 25.7 Å². The summed E-state index contributed by atoms with van der Waals surface area (Å²) in [6, 6.07) is 6.09. The predicted octanol–water partition coefficient (Wildman–Crippen LogP) is 4.49. The minimum Gasteiger partial charge on any atom is -0.465 e. The number of nitro benzene ring substituents is 1. The van der Waals surface area contributed by atoms with E-state index in [-0.39, 0.29) is 30.0 Å². The summed E-state index contributed by atoms with van der Waals surface area (Å²) >= 11 is 0. The zero-order valence-electron chi connectivity index (χ0n) is 19.9. The molecule has 1 aliphatic carbocycles. The van der Waals surface area contributed by atoms with Crippen molar-refractivity contribution in [2.45, 2.75) is 70.3 Å². The van der Waals surface area contributed by atoms with E-state index >= 15 is 0 Å². The van der Waals surface area contributed by atoms with Crippen molar-refractivity contribution in [1.82, 2.24) is 10.6 Å². The smallest absolute Gasteiger partial charge is 0.412 e. The van der Waals surface area contributed by atoms with Gasteiger partial charge in [0.05, 0.1) is 18.1 Å². The number of carbonyl (C=O) groups excluding carboxylic acids is 2. The highest BCUT2D eigenvalue weighted by atomic mass is 28.3. The van der Waals surface area contributed by atoms with Crippen LogP contribution in [0.5, 0.6) is 5.75 Å². The maximum Gasteiger partial charge on any atom is 0.412 e. The standard InChI is InChI=1S/C23H37N3O6Si/c1-33(2,3)14-13-31-22(27)17-24-16-19(15-18-7-5-4-6-8-18)25-23(28)32-21-11-9-20(10-12-21)26(29)30/h9-12,18-19,24H,4-8,13-17H2,1-3H3,(H,25,28). The van der Waals surface area contributed by atoms with Crippen LogP contribution in [-0.4, -0.2) is 50.8 Å². The molecule has 1 saturated carbocycles. The third-order valence-electron chi connectivity index (χ3n) is 5.70. The van der Waals surface area contributed by atoms with E-state index in [0.717, 1.165) is 25.3 Å². The molecule has 0 heterocycles. The van der Waals surface area contributed by atoms with E-state index in [1.165, 1.54) is 43.5 Å². The van der Waals surface area contributed by atoms with Gasteiger partial charge in [0.1, 0.15) is 5.75 Å². The molecule has 10 heteroatoms. The Kier molecular flexibility index (Phi) is 10.8. The average molecular weight is 480 g/mol. The first-order valence-corrected chi connectivity index (χ1v) is 15.4. The summed E-state index contributed by atoms with van der Waals surface area (Å²) in [4.78, 5) is 34.7. The first-order valence-electron chi connectivity index (χ1n) is 11.7. The predicted molar refractivity (Wildman–Crippen MR) is 129 cm³/mol. The first-order chi connectivity index (χ1) is 15.6. The Morgan fingerprint density at radius 3 is 2.42 bits per heavy atom. The lowest BCUT2D eigenvalue weighted by atomic mass is 9.85. The molecule has 9 nitrogen and oxygen atoms in total. The van der Waals surface area contributed by atoms with Crippen molar-refractivity contribution in [2.24, 2.45) is 5.92 Å². The second-order valence-electron chi connectivity index (χ2n) is 9.88. The van der Waals surface area contributed by atoms with Crippen LogP contribution in [0.1, 0.15) is 38.5 Å². The van der Waals surface area contributed by atoms with Gasteiger partial charge in [-0.05, 0) is 30.5 Å². The van der Waals surface area contributed by atoms with Gasteiger partial charge in [-0.2, -0.15) is 0 Å². The Labute approximate surface area is 196 Å². The van der Waals surface area contributed by atoms with Crippen LogP contribution in [-0.2, 0) is 9.53 Å². The van der Waals surface area contributed by atoms with Gasteiger partial charge in [-0.3, -0.25) is 14.9 Å².